The van der Waals surface area contributed by atoms with Crippen molar-refractivity contribution in [2.45, 2.75) is 50.5 Å². The first-order valence-electron chi connectivity index (χ1n) is 6.86. The van der Waals surface area contributed by atoms with Crippen LogP contribution in [0.3, 0.4) is 0 Å². The van der Waals surface area contributed by atoms with Crippen LogP contribution < -0.4 is 4.74 Å². The molecule has 1 unspecified atom stereocenters. The quantitative estimate of drug-likeness (QED) is 0.738. The fraction of sp³-hybridized carbons (Fsp3) is 0.625. The summed E-state index contributed by atoms with van der Waals surface area (Å²) in [5.41, 5.74) is 3.46. The molecule has 2 nitrogen and oxygen atoms in total. The Kier molecular flexibility index (Phi) is 4.42. The first-order valence-corrected chi connectivity index (χ1v) is 7.29. The van der Waals surface area contributed by atoms with Gasteiger partial charge in [-0.1, -0.05) is 12.1 Å². The third-order valence-electron chi connectivity index (χ3n) is 4.30. The van der Waals surface area contributed by atoms with Gasteiger partial charge in [0.05, 0.1) is 18.1 Å². The molecule has 106 valence electrons. The van der Waals surface area contributed by atoms with Gasteiger partial charge in [-0.25, -0.2) is 0 Å². The maximum Gasteiger partial charge on any atom is 0.124 e. The van der Waals surface area contributed by atoms with Crippen LogP contribution in [-0.2, 0) is 4.74 Å². The van der Waals surface area contributed by atoms with Crippen LogP contribution in [0.5, 0.6) is 5.75 Å². The van der Waals surface area contributed by atoms with Gasteiger partial charge < -0.3 is 9.47 Å². The summed E-state index contributed by atoms with van der Waals surface area (Å²) in [5, 5.41) is 0.00329. The molecule has 0 radical (unpaired) electrons. The Labute approximate surface area is 121 Å². The van der Waals surface area contributed by atoms with E-state index in [1.807, 2.05) is 0 Å². The summed E-state index contributed by atoms with van der Waals surface area (Å²) in [4.78, 5) is 0. The van der Waals surface area contributed by atoms with Crippen LogP contribution in [0, 0.1) is 13.8 Å². The van der Waals surface area contributed by atoms with E-state index in [0.29, 0.717) is 0 Å². The van der Waals surface area contributed by atoms with E-state index in [9.17, 15) is 0 Å². The number of methoxy groups -OCH3 is 2. The minimum absolute atomic E-state index is 0.00329. The summed E-state index contributed by atoms with van der Waals surface area (Å²) in [6.45, 7) is 4.13. The summed E-state index contributed by atoms with van der Waals surface area (Å²) < 4.78 is 11.1. The number of halogens is 1. The summed E-state index contributed by atoms with van der Waals surface area (Å²) in [6, 6.07) is 4.26. The van der Waals surface area contributed by atoms with Crippen LogP contribution >= 0.6 is 11.6 Å². The highest BCUT2D eigenvalue weighted by atomic mass is 35.5. The lowest BCUT2D eigenvalue weighted by molar-refractivity contribution is -0.0780. The summed E-state index contributed by atoms with van der Waals surface area (Å²) in [5.74, 6) is 0.956. The molecule has 0 aliphatic heterocycles. The average molecular weight is 283 g/mol. The summed E-state index contributed by atoms with van der Waals surface area (Å²) in [6.07, 6.45) is 4.38. The van der Waals surface area contributed by atoms with Crippen LogP contribution in [-0.4, -0.2) is 19.8 Å². The van der Waals surface area contributed by atoms with Crippen molar-refractivity contribution < 1.29 is 9.47 Å². The molecule has 1 aromatic carbocycles. The Morgan fingerprint density at radius 1 is 1.21 bits per heavy atom. The predicted molar refractivity (Wildman–Crippen MR) is 79.3 cm³/mol. The standard InChI is InChI=1S/C16H23ClO2/c1-11-8-13(9-12(2)15(11)18-3)14(17)10-16(19-4)6-5-7-16/h8-9,14H,5-7,10H2,1-4H3. The van der Waals surface area contributed by atoms with Crippen LogP contribution in [0.25, 0.3) is 0 Å². The molecule has 19 heavy (non-hydrogen) atoms. The molecule has 1 aliphatic carbocycles. The molecule has 0 bridgehead atoms. The number of rotatable bonds is 5. The molecular formula is C16H23ClO2. The lowest BCUT2D eigenvalue weighted by atomic mass is 9.76. The van der Waals surface area contributed by atoms with Crippen molar-refractivity contribution in [3.05, 3.63) is 28.8 Å². The van der Waals surface area contributed by atoms with Gasteiger partial charge in [-0.3, -0.25) is 0 Å². The van der Waals surface area contributed by atoms with E-state index in [1.165, 1.54) is 12.0 Å². The Morgan fingerprint density at radius 3 is 2.16 bits per heavy atom. The molecule has 1 aliphatic rings. The number of aryl methyl sites for hydroxylation is 2. The maximum absolute atomic E-state index is 6.60. The highest BCUT2D eigenvalue weighted by molar-refractivity contribution is 6.20. The maximum atomic E-state index is 6.60. The van der Waals surface area contributed by atoms with E-state index in [-0.39, 0.29) is 11.0 Å². The first-order chi connectivity index (χ1) is 9.01. The zero-order valence-electron chi connectivity index (χ0n) is 12.3. The Morgan fingerprint density at radius 2 is 1.79 bits per heavy atom. The van der Waals surface area contributed by atoms with Gasteiger partial charge >= 0.3 is 0 Å². The highest BCUT2D eigenvalue weighted by Crippen LogP contribution is 2.44. The van der Waals surface area contributed by atoms with Gasteiger partial charge in [0.25, 0.3) is 0 Å². The largest absolute Gasteiger partial charge is 0.496 e. The van der Waals surface area contributed by atoms with E-state index < -0.39 is 0 Å². The SMILES string of the molecule is COc1c(C)cc(C(Cl)CC2(OC)CCC2)cc1C. The van der Waals surface area contributed by atoms with Crippen molar-refractivity contribution in [1.29, 1.82) is 0 Å². The van der Waals surface area contributed by atoms with Crippen LogP contribution in [0.1, 0.15) is 47.8 Å². The molecule has 0 spiro atoms. The van der Waals surface area contributed by atoms with Gasteiger partial charge in [0.2, 0.25) is 0 Å². The van der Waals surface area contributed by atoms with Gasteiger partial charge in [0.15, 0.2) is 0 Å². The molecule has 1 aromatic rings. The minimum atomic E-state index is 0.00329. The van der Waals surface area contributed by atoms with E-state index in [1.54, 1.807) is 14.2 Å². The molecule has 0 N–H and O–H groups in total. The fourth-order valence-corrected chi connectivity index (χ4v) is 3.40. The number of hydrogen-bond acceptors (Lipinski definition) is 2. The van der Waals surface area contributed by atoms with Crippen molar-refractivity contribution >= 4 is 11.6 Å². The Balaban J connectivity index is 2.17. The van der Waals surface area contributed by atoms with Gasteiger partial charge in [0, 0.05) is 7.11 Å². The zero-order valence-corrected chi connectivity index (χ0v) is 13.0. The molecule has 1 saturated carbocycles. The second-order valence-corrected chi connectivity index (χ2v) is 6.13. The normalized spacial score (nSPS) is 18.8. The van der Waals surface area contributed by atoms with E-state index in [4.69, 9.17) is 21.1 Å². The molecule has 0 amide bonds. The molecule has 0 aromatic heterocycles. The van der Waals surface area contributed by atoms with E-state index >= 15 is 0 Å². The molecule has 1 atom stereocenters. The van der Waals surface area contributed by atoms with Crippen LogP contribution in [0.15, 0.2) is 12.1 Å². The lowest BCUT2D eigenvalue weighted by Crippen LogP contribution is -2.39. The topological polar surface area (TPSA) is 18.5 Å². The second-order valence-electron chi connectivity index (χ2n) is 5.60. The van der Waals surface area contributed by atoms with Crippen molar-refractivity contribution in [2.24, 2.45) is 0 Å². The summed E-state index contributed by atoms with van der Waals surface area (Å²) in [7, 11) is 3.51. The highest BCUT2D eigenvalue weighted by Gasteiger charge is 2.39. The Bertz CT molecular complexity index is 424. The minimum Gasteiger partial charge on any atom is -0.496 e. The molecule has 2 rings (SSSR count). The van der Waals surface area contributed by atoms with Gasteiger partial charge in [-0.15, -0.1) is 11.6 Å². The van der Waals surface area contributed by atoms with Crippen LogP contribution in [0.2, 0.25) is 0 Å². The second kappa shape index (κ2) is 5.72. The molecule has 0 heterocycles. The van der Waals surface area contributed by atoms with Gasteiger partial charge in [-0.2, -0.15) is 0 Å². The number of hydrogen-bond donors (Lipinski definition) is 0. The van der Waals surface area contributed by atoms with E-state index in [0.717, 1.165) is 36.1 Å². The number of alkyl halides is 1. The summed E-state index contributed by atoms with van der Waals surface area (Å²) >= 11 is 6.60. The lowest BCUT2D eigenvalue weighted by Gasteiger charge is -2.42. The van der Waals surface area contributed by atoms with Crippen LogP contribution in [0.4, 0.5) is 0 Å². The number of ether oxygens (including phenoxy) is 2. The molecule has 0 saturated heterocycles. The monoisotopic (exact) mass is 282 g/mol. The predicted octanol–water partition coefficient (Wildman–Crippen LogP) is 4.55. The molecule has 1 fully saturated rings. The molecule has 3 heteroatoms. The van der Waals surface area contributed by atoms with Crippen molar-refractivity contribution in [3.63, 3.8) is 0 Å². The van der Waals surface area contributed by atoms with Gasteiger partial charge in [0.1, 0.15) is 5.75 Å². The van der Waals surface area contributed by atoms with Crippen molar-refractivity contribution in [3.8, 4) is 5.75 Å². The average Bonchev–Trinajstić information content (AvgIpc) is 2.33. The molecular weight excluding hydrogens is 260 g/mol. The first kappa shape index (κ1) is 14.7. The Hall–Kier alpha value is -0.730. The third kappa shape index (κ3) is 2.90. The van der Waals surface area contributed by atoms with Crippen molar-refractivity contribution in [1.82, 2.24) is 0 Å². The number of benzene rings is 1. The fourth-order valence-electron chi connectivity index (χ4n) is 2.99. The van der Waals surface area contributed by atoms with Crippen molar-refractivity contribution in [2.75, 3.05) is 14.2 Å². The smallest absolute Gasteiger partial charge is 0.124 e. The van der Waals surface area contributed by atoms with Gasteiger partial charge in [-0.05, 0) is 56.2 Å². The zero-order chi connectivity index (χ0) is 14.0. The third-order valence-corrected chi connectivity index (χ3v) is 4.70. The van der Waals surface area contributed by atoms with E-state index in [2.05, 4.69) is 26.0 Å².